The molecule has 4 heteroatoms. The molecule has 2 atom stereocenters. The van der Waals surface area contributed by atoms with E-state index in [2.05, 4.69) is 5.32 Å². The summed E-state index contributed by atoms with van der Waals surface area (Å²) in [7, 11) is 0. The van der Waals surface area contributed by atoms with Crippen LogP contribution in [0.25, 0.3) is 0 Å². The normalized spacial score (nSPS) is 13.1. The quantitative estimate of drug-likeness (QED) is 0.596. The van der Waals surface area contributed by atoms with Crippen LogP contribution in [0.3, 0.4) is 0 Å². The molecule has 0 unspecified atom stereocenters. The minimum absolute atomic E-state index is 0.0656. The molecule has 0 aromatic heterocycles. The Balaban J connectivity index is 2.10. The minimum atomic E-state index is -0.673. The van der Waals surface area contributed by atoms with Crippen molar-refractivity contribution in [1.29, 1.82) is 0 Å². The zero-order valence-corrected chi connectivity index (χ0v) is 14.1. The molecule has 0 saturated heterocycles. The van der Waals surface area contributed by atoms with Gasteiger partial charge in [-0.15, -0.1) is 0 Å². The van der Waals surface area contributed by atoms with Gasteiger partial charge in [0, 0.05) is 18.0 Å². The molecule has 0 aliphatic carbocycles. The standard InChI is InChI=1S/C20H23NO3/c1-3-24-20(23)18(14-19(22)17-12-8-5-9-13-17)21-15(2)16-10-6-4-7-11-16/h4-13,15,18,21H,3,14H2,1-2H3/t15-,18-/m1/s1. The molecule has 0 bridgehead atoms. The fourth-order valence-electron chi connectivity index (χ4n) is 2.52. The molecule has 0 aliphatic heterocycles. The van der Waals surface area contributed by atoms with Crippen LogP contribution in [-0.4, -0.2) is 24.4 Å². The fraction of sp³-hybridized carbons (Fsp3) is 0.300. The number of ketones is 1. The smallest absolute Gasteiger partial charge is 0.323 e. The Hall–Kier alpha value is -2.46. The molecule has 0 fully saturated rings. The predicted octanol–water partition coefficient (Wildman–Crippen LogP) is 3.54. The minimum Gasteiger partial charge on any atom is -0.465 e. The zero-order valence-electron chi connectivity index (χ0n) is 14.1. The maximum Gasteiger partial charge on any atom is 0.323 e. The van der Waals surface area contributed by atoms with Crippen molar-refractivity contribution in [3.63, 3.8) is 0 Å². The number of hydrogen-bond donors (Lipinski definition) is 1. The van der Waals surface area contributed by atoms with Gasteiger partial charge >= 0.3 is 5.97 Å². The van der Waals surface area contributed by atoms with E-state index in [0.717, 1.165) is 5.56 Å². The summed E-state index contributed by atoms with van der Waals surface area (Å²) in [5.74, 6) is -0.481. The molecule has 0 saturated carbocycles. The Morgan fingerprint density at radius 1 is 1.00 bits per heavy atom. The van der Waals surface area contributed by atoms with Crippen LogP contribution < -0.4 is 5.32 Å². The number of hydrogen-bond acceptors (Lipinski definition) is 4. The molecule has 0 radical (unpaired) electrons. The maximum absolute atomic E-state index is 12.4. The van der Waals surface area contributed by atoms with Gasteiger partial charge in [-0.3, -0.25) is 14.9 Å². The maximum atomic E-state index is 12.4. The Labute approximate surface area is 142 Å². The summed E-state index contributed by atoms with van der Waals surface area (Å²) in [5.41, 5.74) is 1.65. The van der Waals surface area contributed by atoms with E-state index in [1.807, 2.05) is 55.5 Å². The summed E-state index contributed by atoms with van der Waals surface area (Å²) in [6.45, 7) is 4.01. The topological polar surface area (TPSA) is 55.4 Å². The molecule has 0 spiro atoms. The van der Waals surface area contributed by atoms with Crippen LogP contribution in [0.5, 0.6) is 0 Å². The highest BCUT2D eigenvalue weighted by Gasteiger charge is 2.25. The van der Waals surface area contributed by atoms with E-state index < -0.39 is 12.0 Å². The van der Waals surface area contributed by atoms with Crippen LogP contribution in [0.4, 0.5) is 0 Å². The summed E-state index contributed by atoms with van der Waals surface area (Å²) in [6.07, 6.45) is 0.0695. The molecular weight excluding hydrogens is 302 g/mol. The molecule has 2 aromatic carbocycles. The van der Waals surface area contributed by atoms with Gasteiger partial charge < -0.3 is 4.74 Å². The average molecular weight is 325 g/mol. The van der Waals surface area contributed by atoms with Crippen molar-refractivity contribution in [2.75, 3.05) is 6.61 Å². The number of Topliss-reactive ketones (excluding diaryl/α,β-unsaturated/α-hetero) is 1. The van der Waals surface area contributed by atoms with Crippen molar-refractivity contribution in [3.8, 4) is 0 Å². The number of nitrogens with one attached hydrogen (secondary N) is 1. The summed E-state index contributed by atoms with van der Waals surface area (Å²) < 4.78 is 5.12. The Kier molecular flexibility index (Phi) is 6.70. The van der Waals surface area contributed by atoms with E-state index in [0.29, 0.717) is 5.56 Å². The van der Waals surface area contributed by atoms with E-state index in [1.165, 1.54) is 0 Å². The first-order valence-corrected chi connectivity index (χ1v) is 8.17. The van der Waals surface area contributed by atoms with E-state index >= 15 is 0 Å². The van der Waals surface area contributed by atoms with Gasteiger partial charge in [-0.2, -0.15) is 0 Å². The summed E-state index contributed by atoms with van der Waals surface area (Å²) in [4.78, 5) is 24.7. The number of esters is 1. The van der Waals surface area contributed by atoms with Gasteiger partial charge in [0.05, 0.1) is 6.61 Å². The number of rotatable bonds is 8. The van der Waals surface area contributed by atoms with Crippen molar-refractivity contribution in [3.05, 3.63) is 71.8 Å². The van der Waals surface area contributed by atoms with Crippen LogP contribution in [0.2, 0.25) is 0 Å². The van der Waals surface area contributed by atoms with Gasteiger partial charge in [-0.1, -0.05) is 60.7 Å². The van der Waals surface area contributed by atoms with Gasteiger partial charge in [0.15, 0.2) is 5.78 Å². The van der Waals surface area contributed by atoms with Crippen molar-refractivity contribution >= 4 is 11.8 Å². The van der Waals surface area contributed by atoms with Crippen molar-refractivity contribution < 1.29 is 14.3 Å². The number of carbonyl (C=O) groups is 2. The number of ether oxygens (including phenoxy) is 1. The first-order chi connectivity index (χ1) is 11.6. The van der Waals surface area contributed by atoms with Crippen LogP contribution in [0.1, 0.15) is 42.2 Å². The van der Waals surface area contributed by atoms with Gasteiger partial charge in [0.1, 0.15) is 6.04 Å². The van der Waals surface area contributed by atoms with Gasteiger partial charge in [0.2, 0.25) is 0 Å². The van der Waals surface area contributed by atoms with Crippen LogP contribution in [0, 0.1) is 0 Å². The van der Waals surface area contributed by atoms with Crippen LogP contribution >= 0.6 is 0 Å². The molecule has 2 rings (SSSR count). The highest BCUT2D eigenvalue weighted by atomic mass is 16.5. The molecule has 0 heterocycles. The third kappa shape index (κ3) is 5.03. The van der Waals surface area contributed by atoms with E-state index in [1.54, 1.807) is 19.1 Å². The first kappa shape index (κ1) is 17.9. The summed E-state index contributed by atoms with van der Waals surface area (Å²) in [6, 6.07) is 18.1. The molecule has 126 valence electrons. The molecule has 1 N–H and O–H groups in total. The lowest BCUT2D eigenvalue weighted by atomic mass is 10.0. The highest BCUT2D eigenvalue weighted by Crippen LogP contribution is 2.15. The predicted molar refractivity (Wildman–Crippen MR) is 93.8 cm³/mol. The van der Waals surface area contributed by atoms with Crippen molar-refractivity contribution in [2.24, 2.45) is 0 Å². The van der Waals surface area contributed by atoms with Crippen molar-refractivity contribution in [2.45, 2.75) is 32.4 Å². The largest absolute Gasteiger partial charge is 0.465 e. The SMILES string of the molecule is CCOC(=O)[C@@H](CC(=O)c1ccccc1)N[C@H](C)c1ccccc1. The van der Waals surface area contributed by atoms with Crippen LogP contribution in [-0.2, 0) is 9.53 Å². The molecule has 2 aromatic rings. The molecule has 0 aliphatic rings. The summed E-state index contributed by atoms with van der Waals surface area (Å²) >= 11 is 0. The van der Waals surface area contributed by atoms with E-state index in [-0.39, 0.29) is 24.9 Å². The van der Waals surface area contributed by atoms with E-state index in [9.17, 15) is 9.59 Å². The second kappa shape index (κ2) is 8.99. The van der Waals surface area contributed by atoms with Crippen molar-refractivity contribution in [1.82, 2.24) is 5.32 Å². The molecule has 0 amide bonds. The third-order valence-electron chi connectivity index (χ3n) is 3.81. The second-order valence-electron chi connectivity index (χ2n) is 5.60. The summed E-state index contributed by atoms with van der Waals surface area (Å²) in [5, 5.41) is 3.22. The Bertz CT molecular complexity index is 655. The third-order valence-corrected chi connectivity index (χ3v) is 3.81. The first-order valence-electron chi connectivity index (χ1n) is 8.17. The van der Waals surface area contributed by atoms with Gasteiger partial charge in [0.25, 0.3) is 0 Å². The second-order valence-corrected chi connectivity index (χ2v) is 5.60. The Morgan fingerprint density at radius 3 is 2.17 bits per heavy atom. The average Bonchev–Trinajstić information content (AvgIpc) is 2.62. The lowest BCUT2D eigenvalue weighted by Gasteiger charge is -2.22. The fourth-order valence-corrected chi connectivity index (χ4v) is 2.52. The van der Waals surface area contributed by atoms with Crippen LogP contribution in [0.15, 0.2) is 60.7 Å². The number of carbonyl (C=O) groups excluding carboxylic acids is 2. The number of benzene rings is 2. The molecule has 24 heavy (non-hydrogen) atoms. The highest BCUT2D eigenvalue weighted by molar-refractivity contribution is 5.98. The molecule has 4 nitrogen and oxygen atoms in total. The van der Waals surface area contributed by atoms with Gasteiger partial charge in [-0.25, -0.2) is 0 Å². The lowest BCUT2D eigenvalue weighted by Crippen LogP contribution is -2.41. The molecular formula is C20H23NO3. The Morgan fingerprint density at radius 2 is 1.58 bits per heavy atom. The zero-order chi connectivity index (χ0) is 17.4. The van der Waals surface area contributed by atoms with E-state index in [4.69, 9.17) is 4.74 Å². The van der Waals surface area contributed by atoms with Gasteiger partial charge in [-0.05, 0) is 19.4 Å². The lowest BCUT2D eigenvalue weighted by molar-refractivity contribution is -0.145. The monoisotopic (exact) mass is 325 g/mol.